The quantitative estimate of drug-likeness (QED) is 0.497. The van der Waals surface area contributed by atoms with Crippen LogP contribution < -0.4 is 0 Å². The molecule has 0 aromatic heterocycles. The molecule has 5 nitrogen and oxygen atoms in total. The number of rotatable bonds is 6. The van der Waals surface area contributed by atoms with Gasteiger partial charge >= 0.3 is 5.97 Å². The fourth-order valence-electron chi connectivity index (χ4n) is 0.409. The van der Waals surface area contributed by atoms with Crippen LogP contribution in [0.3, 0.4) is 0 Å². The van der Waals surface area contributed by atoms with Gasteiger partial charge in [0.05, 0.1) is 19.8 Å². The summed E-state index contributed by atoms with van der Waals surface area (Å²) >= 11 is 0. The summed E-state index contributed by atoms with van der Waals surface area (Å²) in [6.45, 7) is 0.492. The van der Waals surface area contributed by atoms with Gasteiger partial charge in [-0.05, 0) is 0 Å². The first kappa shape index (κ1) is 10.3. The van der Waals surface area contributed by atoms with Crippen molar-refractivity contribution in [3.8, 4) is 0 Å². The average molecular weight is 164 g/mol. The molecule has 0 aromatic rings. The number of carboxylic acids is 1. The second-order valence-electron chi connectivity index (χ2n) is 1.92. The predicted molar refractivity (Wildman–Crippen MR) is 36.3 cm³/mol. The predicted octanol–water partition coefficient (Wildman–Crippen LogP) is -0.905. The molecule has 66 valence electrons. The van der Waals surface area contributed by atoms with E-state index >= 15 is 0 Å². The molecule has 0 radical (unpaired) electrons. The Kier molecular flexibility index (Phi) is 5.73. The van der Waals surface area contributed by atoms with Crippen molar-refractivity contribution < 1.29 is 24.5 Å². The standard InChI is InChI=1S/C6H12O5/c1-10-2-3-11-4-5(7)6(8)9/h5,7H,2-4H2,1H3,(H,8,9)/t5-/m1/s1. The van der Waals surface area contributed by atoms with Gasteiger partial charge < -0.3 is 19.7 Å². The van der Waals surface area contributed by atoms with Crippen LogP contribution in [0.4, 0.5) is 0 Å². The lowest BCUT2D eigenvalue weighted by molar-refractivity contribution is -0.150. The number of hydrogen-bond donors (Lipinski definition) is 2. The molecule has 0 saturated carbocycles. The van der Waals surface area contributed by atoms with Gasteiger partial charge in [-0.3, -0.25) is 0 Å². The van der Waals surface area contributed by atoms with Gasteiger partial charge in [0.1, 0.15) is 0 Å². The molecular weight excluding hydrogens is 152 g/mol. The van der Waals surface area contributed by atoms with Crippen LogP contribution in [0.15, 0.2) is 0 Å². The molecule has 0 fully saturated rings. The van der Waals surface area contributed by atoms with Gasteiger partial charge in [0, 0.05) is 7.11 Å². The number of hydrogen-bond acceptors (Lipinski definition) is 4. The molecule has 0 bridgehead atoms. The van der Waals surface area contributed by atoms with E-state index in [4.69, 9.17) is 14.9 Å². The smallest absolute Gasteiger partial charge is 0.334 e. The Morgan fingerprint density at radius 3 is 2.64 bits per heavy atom. The van der Waals surface area contributed by atoms with E-state index in [2.05, 4.69) is 4.74 Å². The fourth-order valence-corrected chi connectivity index (χ4v) is 0.409. The fraction of sp³-hybridized carbons (Fsp3) is 0.833. The molecule has 5 heteroatoms. The van der Waals surface area contributed by atoms with Gasteiger partial charge in [-0.25, -0.2) is 4.79 Å². The topological polar surface area (TPSA) is 76.0 Å². The van der Waals surface area contributed by atoms with Crippen molar-refractivity contribution in [3.05, 3.63) is 0 Å². The van der Waals surface area contributed by atoms with Gasteiger partial charge in [0.15, 0.2) is 6.10 Å². The molecule has 0 aliphatic rings. The highest BCUT2D eigenvalue weighted by Gasteiger charge is 2.11. The first-order valence-corrected chi connectivity index (χ1v) is 3.16. The highest BCUT2D eigenvalue weighted by molar-refractivity contribution is 5.71. The van der Waals surface area contributed by atoms with Crippen LogP contribution in [0.5, 0.6) is 0 Å². The van der Waals surface area contributed by atoms with E-state index in [0.29, 0.717) is 13.2 Å². The Hall–Kier alpha value is -0.650. The Balaban J connectivity index is 3.17. The molecule has 0 aliphatic carbocycles. The van der Waals surface area contributed by atoms with E-state index in [1.807, 2.05) is 0 Å². The van der Waals surface area contributed by atoms with Crippen molar-refractivity contribution in [3.63, 3.8) is 0 Å². The first-order valence-electron chi connectivity index (χ1n) is 3.16. The van der Waals surface area contributed by atoms with Gasteiger partial charge in [-0.1, -0.05) is 0 Å². The largest absolute Gasteiger partial charge is 0.479 e. The lowest BCUT2D eigenvalue weighted by Gasteiger charge is -2.05. The zero-order valence-corrected chi connectivity index (χ0v) is 6.32. The number of methoxy groups -OCH3 is 1. The van der Waals surface area contributed by atoms with Crippen LogP contribution in [0.2, 0.25) is 0 Å². The van der Waals surface area contributed by atoms with Crippen molar-refractivity contribution in [2.75, 3.05) is 26.9 Å². The highest BCUT2D eigenvalue weighted by atomic mass is 16.5. The minimum atomic E-state index is -1.44. The molecule has 0 amide bonds. The Labute approximate surface area is 64.5 Å². The normalized spacial score (nSPS) is 12.9. The number of carbonyl (C=O) groups is 1. The molecule has 0 aromatic carbocycles. The van der Waals surface area contributed by atoms with Crippen molar-refractivity contribution in [1.29, 1.82) is 0 Å². The van der Waals surface area contributed by atoms with Crippen molar-refractivity contribution in [1.82, 2.24) is 0 Å². The molecule has 0 spiro atoms. The summed E-state index contributed by atoms with van der Waals surface area (Å²) in [5, 5.41) is 16.8. The third kappa shape index (κ3) is 5.78. The zero-order chi connectivity index (χ0) is 8.69. The maximum atomic E-state index is 10.0. The number of carboxylic acid groups (broad SMARTS) is 1. The number of aliphatic carboxylic acids is 1. The molecule has 11 heavy (non-hydrogen) atoms. The van der Waals surface area contributed by atoms with E-state index in [1.165, 1.54) is 7.11 Å². The molecule has 0 unspecified atom stereocenters. The van der Waals surface area contributed by atoms with Crippen molar-refractivity contribution in [2.24, 2.45) is 0 Å². The third-order valence-electron chi connectivity index (χ3n) is 0.993. The van der Waals surface area contributed by atoms with Gasteiger partial charge in [-0.15, -0.1) is 0 Å². The van der Waals surface area contributed by atoms with Crippen LogP contribution in [0, 0.1) is 0 Å². The number of ether oxygens (including phenoxy) is 2. The minimum absolute atomic E-state index is 0.196. The van der Waals surface area contributed by atoms with E-state index < -0.39 is 12.1 Å². The van der Waals surface area contributed by atoms with Crippen LogP contribution in [-0.2, 0) is 14.3 Å². The maximum Gasteiger partial charge on any atom is 0.334 e. The first-order chi connectivity index (χ1) is 5.18. The van der Waals surface area contributed by atoms with E-state index in [0.717, 1.165) is 0 Å². The van der Waals surface area contributed by atoms with E-state index in [9.17, 15) is 4.79 Å². The van der Waals surface area contributed by atoms with Crippen molar-refractivity contribution >= 4 is 5.97 Å². The molecule has 0 aliphatic heterocycles. The van der Waals surface area contributed by atoms with Gasteiger partial charge in [-0.2, -0.15) is 0 Å². The Bertz CT molecular complexity index is 114. The van der Waals surface area contributed by atoms with Crippen LogP contribution in [0.1, 0.15) is 0 Å². The zero-order valence-electron chi connectivity index (χ0n) is 6.32. The summed E-state index contributed by atoms with van der Waals surface area (Å²) in [4.78, 5) is 10.0. The summed E-state index contributed by atoms with van der Waals surface area (Å²) in [7, 11) is 1.51. The molecule has 0 rings (SSSR count). The average Bonchev–Trinajstić information content (AvgIpc) is 1.97. The van der Waals surface area contributed by atoms with Gasteiger partial charge in [0.2, 0.25) is 0 Å². The second-order valence-corrected chi connectivity index (χ2v) is 1.92. The Morgan fingerprint density at radius 2 is 2.18 bits per heavy atom. The maximum absolute atomic E-state index is 10.0. The lowest BCUT2D eigenvalue weighted by atomic mass is 10.4. The lowest BCUT2D eigenvalue weighted by Crippen LogP contribution is -2.26. The summed E-state index contributed by atoms with van der Waals surface area (Å²) in [6.07, 6.45) is -1.44. The van der Waals surface area contributed by atoms with Crippen LogP contribution in [0.25, 0.3) is 0 Å². The van der Waals surface area contributed by atoms with Crippen LogP contribution >= 0.6 is 0 Å². The molecule has 0 heterocycles. The monoisotopic (exact) mass is 164 g/mol. The second kappa shape index (κ2) is 6.09. The Morgan fingerprint density at radius 1 is 1.55 bits per heavy atom. The summed E-state index contributed by atoms with van der Waals surface area (Å²) < 4.78 is 9.37. The number of aliphatic hydroxyl groups excluding tert-OH is 1. The molecule has 1 atom stereocenters. The number of aliphatic hydroxyl groups is 1. The summed E-state index contributed by atoms with van der Waals surface area (Å²) in [5.41, 5.74) is 0. The molecular formula is C6H12O5. The van der Waals surface area contributed by atoms with E-state index in [-0.39, 0.29) is 6.61 Å². The third-order valence-corrected chi connectivity index (χ3v) is 0.993. The summed E-state index contributed by atoms with van der Waals surface area (Å²) in [5.74, 6) is -1.28. The SMILES string of the molecule is COCCOC[C@@H](O)C(=O)O. The van der Waals surface area contributed by atoms with Gasteiger partial charge in [0.25, 0.3) is 0 Å². The highest BCUT2D eigenvalue weighted by Crippen LogP contribution is 1.85. The van der Waals surface area contributed by atoms with Crippen molar-refractivity contribution in [2.45, 2.75) is 6.10 Å². The van der Waals surface area contributed by atoms with Crippen LogP contribution in [-0.4, -0.2) is 49.2 Å². The molecule has 2 N–H and O–H groups in total. The van der Waals surface area contributed by atoms with E-state index in [1.54, 1.807) is 0 Å². The molecule has 0 saturated heterocycles. The minimum Gasteiger partial charge on any atom is -0.479 e. The summed E-state index contributed by atoms with van der Waals surface area (Å²) in [6, 6.07) is 0.